The average molecular weight is 404 g/mol. The van der Waals surface area contributed by atoms with Crippen molar-refractivity contribution >= 4 is 17.9 Å². The first-order chi connectivity index (χ1) is 14.7. The van der Waals surface area contributed by atoms with Crippen LogP contribution >= 0.6 is 0 Å². The summed E-state index contributed by atoms with van der Waals surface area (Å²) in [4.78, 5) is 20.6. The lowest BCUT2D eigenvalue weighted by Gasteiger charge is -2.08. The lowest BCUT2D eigenvalue weighted by atomic mass is 10.2. The number of aliphatic imine (C=N–C) groups is 1. The number of unbranched alkanes of at least 4 members (excludes halogenated alkanes) is 2. The van der Waals surface area contributed by atoms with Crippen molar-refractivity contribution in [1.82, 2.24) is 4.98 Å². The van der Waals surface area contributed by atoms with Gasteiger partial charge in [0.05, 0.1) is 24.1 Å². The molecule has 1 heterocycles. The molecule has 0 radical (unpaired) electrons. The Hall–Kier alpha value is -3.67. The third-order valence-electron chi connectivity index (χ3n) is 4.32. The molecule has 0 saturated heterocycles. The van der Waals surface area contributed by atoms with E-state index < -0.39 is 5.97 Å². The van der Waals surface area contributed by atoms with E-state index in [1.807, 2.05) is 0 Å². The quantitative estimate of drug-likeness (QED) is 0.226. The molecule has 30 heavy (non-hydrogen) atoms. The Kier molecular flexibility index (Phi) is 7.55. The summed E-state index contributed by atoms with van der Waals surface area (Å²) in [7, 11) is 0. The Morgan fingerprint density at radius 2 is 1.90 bits per heavy atom. The number of phenolic OH excluding ortho intramolecular Hbond substituents is 1. The van der Waals surface area contributed by atoms with Crippen LogP contribution in [0.25, 0.3) is 0 Å². The van der Waals surface area contributed by atoms with E-state index in [2.05, 4.69) is 16.9 Å². The normalized spacial score (nSPS) is 10.8. The first-order valence-corrected chi connectivity index (χ1v) is 9.88. The van der Waals surface area contributed by atoms with E-state index in [0.717, 1.165) is 25.0 Å². The highest BCUT2D eigenvalue weighted by Gasteiger charge is 2.10. The van der Waals surface area contributed by atoms with E-state index in [0.29, 0.717) is 23.4 Å². The van der Waals surface area contributed by atoms with Crippen molar-refractivity contribution in [3.05, 3.63) is 78.1 Å². The molecule has 0 aliphatic carbocycles. The number of ether oxygens (including phenoxy) is 2. The summed E-state index contributed by atoms with van der Waals surface area (Å²) in [5.74, 6) is 0.418. The lowest BCUT2D eigenvalue weighted by Crippen LogP contribution is -2.08. The maximum atomic E-state index is 12.4. The number of pyridine rings is 1. The molecule has 2 aromatic carbocycles. The molecular weight excluding hydrogens is 380 g/mol. The predicted octanol–water partition coefficient (Wildman–Crippen LogP) is 5.33. The van der Waals surface area contributed by atoms with Gasteiger partial charge in [-0.05, 0) is 55.0 Å². The molecule has 6 nitrogen and oxygen atoms in total. The molecule has 154 valence electrons. The van der Waals surface area contributed by atoms with E-state index in [-0.39, 0.29) is 11.5 Å². The zero-order valence-electron chi connectivity index (χ0n) is 16.8. The minimum absolute atomic E-state index is 0.0382. The number of phenols is 1. The number of rotatable bonds is 9. The highest BCUT2D eigenvalue weighted by molar-refractivity contribution is 5.91. The SMILES string of the molecule is CCCCCOc1ccc(C(=O)Oc2ccc(C=Nc3cccnc3)c(O)c2)cc1. The summed E-state index contributed by atoms with van der Waals surface area (Å²) in [6.07, 6.45) is 8.08. The van der Waals surface area contributed by atoms with Gasteiger partial charge in [0.15, 0.2) is 0 Å². The zero-order valence-corrected chi connectivity index (χ0v) is 16.8. The summed E-state index contributed by atoms with van der Waals surface area (Å²) in [6, 6.07) is 15.0. The Balaban J connectivity index is 1.58. The number of hydrogen-bond acceptors (Lipinski definition) is 6. The molecule has 0 unspecified atom stereocenters. The van der Waals surface area contributed by atoms with Crippen LogP contribution in [0, 0.1) is 0 Å². The topological polar surface area (TPSA) is 81.0 Å². The zero-order chi connectivity index (χ0) is 21.2. The lowest BCUT2D eigenvalue weighted by molar-refractivity contribution is 0.0734. The van der Waals surface area contributed by atoms with Gasteiger partial charge in [-0.2, -0.15) is 0 Å². The first kappa shape index (κ1) is 21.0. The fraction of sp³-hybridized carbons (Fsp3) is 0.208. The number of esters is 1. The monoisotopic (exact) mass is 404 g/mol. The Labute approximate surface area is 175 Å². The van der Waals surface area contributed by atoms with E-state index in [1.54, 1.807) is 60.9 Å². The smallest absolute Gasteiger partial charge is 0.343 e. The van der Waals surface area contributed by atoms with Gasteiger partial charge in [0, 0.05) is 24.0 Å². The van der Waals surface area contributed by atoms with E-state index >= 15 is 0 Å². The van der Waals surface area contributed by atoms with Crippen LogP contribution in [0.4, 0.5) is 5.69 Å². The summed E-state index contributed by atoms with van der Waals surface area (Å²) < 4.78 is 11.0. The maximum Gasteiger partial charge on any atom is 0.343 e. The van der Waals surface area contributed by atoms with Crippen LogP contribution in [0.3, 0.4) is 0 Å². The second-order valence-corrected chi connectivity index (χ2v) is 6.66. The Morgan fingerprint density at radius 3 is 2.60 bits per heavy atom. The third kappa shape index (κ3) is 6.17. The average Bonchev–Trinajstić information content (AvgIpc) is 2.77. The second kappa shape index (κ2) is 10.8. The van der Waals surface area contributed by atoms with Crippen molar-refractivity contribution in [2.75, 3.05) is 6.61 Å². The molecule has 0 aliphatic rings. The number of benzene rings is 2. The minimum Gasteiger partial charge on any atom is -0.507 e. The van der Waals surface area contributed by atoms with Crippen molar-refractivity contribution in [3.63, 3.8) is 0 Å². The number of carbonyl (C=O) groups is 1. The van der Waals surface area contributed by atoms with Crippen LogP contribution in [-0.2, 0) is 0 Å². The van der Waals surface area contributed by atoms with Crippen molar-refractivity contribution in [2.45, 2.75) is 26.2 Å². The molecule has 1 N–H and O–H groups in total. The summed E-state index contributed by atoms with van der Waals surface area (Å²) in [5, 5.41) is 10.2. The number of carbonyl (C=O) groups excluding carboxylic acids is 1. The van der Waals surface area contributed by atoms with Gasteiger partial charge in [0.25, 0.3) is 0 Å². The van der Waals surface area contributed by atoms with Crippen molar-refractivity contribution in [2.24, 2.45) is 4.99 Å². The minimum atomic E-state index is -0.510. The fourth-order valence-electron chi connectivity index (χ4n) is 2.67. The van der Waals surface area contributed by atoms with E-state index in [1.165, 1.54) is 12.3 Å². The Bertz CT molecular complexity index is 986. The first-order valence-electron chi connectivity index (χ1n) is 9.88. The van der Waals surface area contributed by atoms with E-state index in [9.17, 15) is 9.90 Å². The standard InChI is InChI=1S/C24H24N2O4/c1-2-3-4-14-29-21-10-7-18(8-11-21)24(28)30-22-12-9-19(23(27)15-22)16-26-20-6-5-13-25-17-20/h5-13,15-17,27H,2-4,14H2,1H3. The molecule has 3 aromatic rings. The van der Waals surface area contributed by atoms with Crippen LogP contribution in [0.15, 0.2) is 72.0 Å². The predicted molar refractivity (Wildman–Crippen MR) is 116 cm³/mol. The molecule has 0 aliphatic heterocycles. The molecule has 1 aromatic heterocycles. The molecule has 0 bridgehead atoms. The maximum absolute atomic E-state index is 12.4. The largest absolute Gasteiger partial charge is 0.507 e. The molecule has 3 rings (SSSR count). The van der Waals surface area contributed by atoms with Crippen LogP contribution in [0.2, 0.25) is 0 Å². The number of nitrogens with zero attached hydrogens (tertiary/aromatic N) is 2. The number of aromatic hydroxyl groups is 1. The van der Waals surface area contributed by atoms with Crippen LogP contribution < -0.4 is 9.47 Å². The van der Waals surface area contributed by atoms with Crippen molar-refractivity contribution in [3.8, 4) is 17.2 Å². The summed E-state index contributed by atoms with van der Waals surface area (Å²) in [5.41, 5.74) is 1.58. The van der Waals surface area contributed by atoms with Gasteiger partial charge in [-0.25, -0.2) is 4.79 Å². The second-order valence-electron chi connectivity index (χ2n) is 6.66. The molecular formula is C24H24N2O4. The Morgan fingerprint density at radius 1 is 1.10 bits per heavy atom. The molecule has 0 spiro atoms. The molecule has 0 saturated carbocycles. The van der Waals surface area contributed by atoms with Crippen LogP contribution in [0.5, 0.6) is 17.2 Å². The summed E-state index contributed by atoms with van der Waals surface area (Å²) in [6.45, 7) is 2.80. The molecule has 0 fully saturated rings. The van der Waals surface area contributed by atoms with E-state index in [4.69, 9.17) is 9.47 Å². The highest BCUT2D eigenvalue weighted by Crippen LogP contribution is 2.24. The third-order valence-corrected chi connectivity index (χ3v) is 4.32. The van der Waals surface area contributed by atoms with Gasteiger partial charge < -0.3 is 14.6 Å². The van der Waals surface area contributed by atoms with Crippen molar-refractivity contribution < 1.29 is 19.4 Å². The molecule has 0 amide bonds. The molecule has 0 atom stereocenters. The van der Waals surface area contributed by atoms with Gasteiger partial charge in [-0.1, -0.05) is 19.8 Å². The fourth-order valence-corrected chi connectivity index (χ4v) is 2.67. The van der Waals surface area contributed by atoms with Crippen molar-refractivity contribution in [1.29, 1.82) is 0 Å². The van der Waals surface area contributed by atoms with Crippen LogP contribution in [0.1, 0.15) is 42.1 Å². The van der Waals surface area contributed by atoms with Gasteiger partial charge in [-0.15, -0.1) is 0 Å². The van der Waals surface area contributed by atoms with Gasteiger partial charge >= 0.3 is 5.97 Å². The van der Waals surface area contributed by atoms with Gasteiger partial charge in [-0.3, -0.25) is 9.98 Å². The molecule has 6 heteroatoms. The van der Waals surface area contributed by atoms with Gasteiger partial charge in [0.1, 0.15) is 17.2 Å². The number of hydrogen-bond donors (Lipinski definition) is 1. The highest BCUT2D eigenvalue weighted by atomic mass is 16.5. The van der Waals surface area contributed by atoms with Crippen LogP contribution in [-0.4, -0.2) is 28.9 Å². The number of aromatic nitrogens is 1. The summed E-state index contributed by atoms with van der Waals surface area (Å²) >= 11 is 0. The van der Waals surface area contributed by atoms with Gasteiger partial charge in [0.2, 0.25) is 0 Å².